The Hall–Kier alpha value is -1.60. The van der Waals surface area contributed by atoms with E-state index >= 15 is 0 Å². The highest BCUT2D eigenvalue weighted by Gasteiger charge is 2.43. The van der Waals surface area contributed by atoms with Crippen LogP contribution in [-0.4, -0.2) is 49.1 Å². The Labute approximate surface area is 155 Å². The van der Waals surface area contributed by atoms with Gasteiger partial charge in [-0.2, -0.15) is 0 Å². The molecule has 2 saturated carbocycles. The van der Waals surface area contributed by atoms with Gasteiger partial charge in [0.15, 0.2) is 0 Å². The first kappa shape index (κ1) is 17.8. The van der Waals surface area contributed by atoms with Crippen LogP contribution in [0, 0.1) is 0 Å². The van der Waals surface area contributed by atoms with E-state index in [-0.39, 0.29) is 17.2 Å². The van der Waals surface area contributed by atoms with Crippen molar-refractivity contribution in [2.45, 2.75) is 62.3 Å². The predicted octanol–water partition coefficient (Wildman–Crippen LogP) is 1.58. The smallest absolute Gasteiger partial charge is 0.248 e. The van der Waals surface area contributed by atoms with Crippen LogP contribution in [-0.2, 0) is 14.8 Å². The average Bonchev–Trinajstić information content (AvgIpc) is 3.29. The first-order valence-electron chi connectivity index (χ1n) is 9.69. The van der Waals surface area contributed by atoms with E-state index in [1.54, 1.807) is 6.08 Å². The van der Waals surface area contributed by atoms with E-state index in [1.807, 2.05) is 18.2 Å². The van der Waals surface area contributed by atoms with Gasteiger partial charge in [-0.05, 0) is 50.3 Å². The SMILES string of the molecule is O=C(NC1CC1)C1C=CC=C(C2=CCNCC2)N1S(=O)(=O)C1CCCC1. The maximum absolute atomic E-state index is 13.5. The van der Waals surface area contributed by atoms with Gasteiger partial charge >= 0.3 is 0 Å². The summed E-state index contributed by atoms with van der Waals surface area (Å²) in [5, 5.41) is 5.87. The Morgan fingerprint density at radius 1 is 1.19 bits per heavy atom. The van der Waals surface area contributed by atoms with E-state index in [2.05, 4.69) is 10.6 Å². The van der Waals surface area contributed by atoms with E-state index in [0.29, 0.717) is 18.5 Å². The normalized spacial score (nSPS) is 27.2. The monoisotopic (exact) mass is 377 g/mol. The standard InChI is InChI=1S/C19H27N3O3S/c23-19(21-15-8-9-15)18-7-3-6-17(14-10-12-20-13-11-14)22(18)26(24,25)16-4-1-2-5-16/h3,6-7,10,15-16,18,20H,1-2,4-5,8-9,11-13H2,(H,21,23). The Balaban J connectivity index is 1.69. The Bertz CT molecular complexity index is 759. The summed E-state index contributed by atoms with van der Waals surface area (Å²) in [6, 6.07) is -0.573. The molecule has 7 heteroatoms. The third kappa shape index (κ3) is 3.47. The number of amides is 1. The molecule has 0 aromatic rings. The maximum Gasteiger partial charge on any atom is 0.248 e. The lowest BCUT2D eigenvalue weighted by atomic mass is 10.0. The van der Waals surface area contributed by atoms with Gasteiger partial charge in [0.05, 0.1) is 10.9 Å². The molecule has 4 rings (SSSR count). The number of carbonyl (C=O) groups excluding carboxylic acids is 1. The third-order valence-electron chi connectivity index (χ3n) is 5.62. The van der Waals surface area contributed by atoms with Crippen molar-refractivity contribution in [2.24, 2.45) is 0 Å². The number of sulfonamides is 1. The number of hydrogen-bond donors (Lipinski definition) is 2. The van der Waals surface area contributed by atoms with Crippen LogP contribution in [0.4, 0.5) is 0 Å². The van der Waals surface area contributed by atoms with Crippen molar-refractivity contribution in [1.29, 1.82) is 0 Å². The van der Waals surface area contributed by atoms with Gasteiger partial charge in [-0.1, -0.05) is 31.1 Å². The highest BCUT2D eigenvalue weighted by Crippen LogP contribution is 2.35. The number of nitrogens with one attached hydrogen (secondary N) is 2. The predicted molar refractivity (Wildman–Crippen MR) is 101 cm³/mol. The van der Waals surface area contributed by atoms with E-state index in [1.165, 1.54) is 4.31 Å². The molecule has 1 amide bonds. The van der Waals surface area contributed by atoms with E-state index in [4.69, 9.17) is 0 Å². The molecule has 1 unspecified atom stereocenters. The molecule has 2 aliphatic carbocycles. The van der Waals surface area contributed by atoms with Crippen LogP contribution in [0.1, 0.15) is 44.9 Å². The van der Waals surface area contributed by atoms with Crippen LogP contribution in [0.5, 0.6) is 0 Å². The minimum Gasteiger partial charge on any atom is -0.351 e. The van der Waals surface area contributed by atoms with Gasteiger partial charge in [0.1, 0.15) is 6.04 Å². The summed E-state index contributed by atoms with van der Waals surface area (Å²) in [5.74, 6) is -0.203. The van der Waals surface area contributed by atoms with Crippen molar-refractivity contribution in [1.82, 2.24) is 14.9 Å². The maximum atomic E-state index is 13.5. The summed E-state index contributed by atoms with van der Waals surface area (Å²) in [6.45, 7) is 1.55. The summed E-state index contributed by atoms with van der Waals surface area (Å²) in [7, 11) is -3.58. The second kappa shape index (κ2) is 7.19. The first-order valence-corrected chi connectivity index (χ1v) is 11.2. The molecule has 2 heterocycles. The molecule has 0 saturated heterocycles. The van der Waals surface area contributed by atoms with Gasteiger partial charge in [0.2, 0.25) is 15.9 Å². The molecule has 142 valence electrons. The zero-order chi connectivity index (χ0) is 18.1. The van der Waals surface area contributed by atoms with E-state index in [9.17, 15) is 13.2 Å². The van der Waals surface area contributed by atoms with Crippen molar-refractivity contribution in [2.75, 3.05) is 13.1 Å². The van der Waals surface area contributed by atoms with Crippen molar-refractivity contribution >= 4 is 15.9 Å². The van der Waals surface area contributed by atoms with Gasteiger partial charge in [-0.25, -0.2) is 8.42 Å². The topological polar surface area (TPSA) is 78.5 Å². The zero-order valence-electron chi connectivity index (χ0n) is 15.0. The summed E-state index contributed by atoms with van der Waals surface area (Å²) < 4.78 is 28.4. The molecule has 1 atom stereocenters. The number of nitrogens with zero attached hydrogens (tertiary/aromatic N) is 1. The van der Waals surface area contributed by atoms with Crippen molar-refractivity contribution in [3.05, 3.63) is 35.6 Å². The molecule has 2 N–H and O–H groups in total. The summed E-state index contributed by atoms with van der Waals surface area (Å²) >= 11 is 0. The fourth-order valence-electron chi connectivity index (χ4n) is 4.01. The minimum atomic E-state index is -3.58. The van der Waals surface area contributed by atoms with Crippen molar-refractivity contribution < 1.29 is 13.2 Å². The van der Waals surface area contributed by atoms with Crippen LogP contribution < -0.4 is 10.6 Å². The molecular formula is C19H27N3O3S. The third-order valence-corrected chi connectivity index (χ3v) is 7.91. The van der Waals surface area contributed by atoms with Crippen LogP contribution in [0.2, 0.25) is 0 Å². The van der Waals surface area contributed by atoms with E-state index in [0.717, 1.165) is 50.8 Å². The lowest BCUT2D eigenvalue weighted by Crippen LogP contribution is -2.52. The van der Waals surface area contributed by atoms with E-state index < -0.39 is 16.1 Å². The molecule has 0 aromatic heterocycles. The largest absolute Gasteiger partial charge is 0.351 e. The number of allylic oxidation sites excluding steroid dienone is 3. The van der Waals surface area contributed by atoms with Gasteiger partial charge in [0.25, 0.3) is 0 Å². The second-order valence-corrected chi connectivity index (χ2v) is 9.69. The summed E-state index contributed by atoms with van der Waals surface area (Å²) in [6.07, 6.45) is 13.4. The number of hydrogen-bond acceptors (Lipinski definition) is 4. The van der Waals surface area contributed by atoms with Gasteiger partial charge < -0.3 is 10.6 Å². The average molecular weight is 378 g/mol. The fraction of sp³-hybridized carbons (Fsp3) is 0.632. The number of rotatable bonds is 5. The molecule has 2 fully saturated rings. The molecule has 2 aliphatic heterocycles. The van der Waals surface area contributed by atoms with Gasteiger partial charge in [0, 0.05) is 12.6 Å². The molecule has 0 radical (unpaired) electrons. The number of carbonyl (C=O) groups is 1. The Kier molecular flexibility index (Phi) is 4.92. The summed E-state index contributed by atoms with van der Waals surface area (Å²) in [4.78, 5) is 12.8. The first-order chi connectivity index (χ1) is 12.6. The molecule has 0 bridgehead atoms. The van der Waals surface area contributed by atoms with Gasteiger partial charge in [-0.15, -0.1) is 0 Å². The highest BCUT2D eigenvalue weighted by atomic mass is 32.2. The summed E-state index contributed by atoms with van der Waals surface area (Å²) in [5.41, 5.74) is 1.69. The lowest BCUT2D eigenvalue weighted by Gasteiger charge is -2.37. The molecule has 26 heavy (non-hydrogen) atoms. The molecule has 6 nitrogen and oxygen atoms in total. The fourth-order valence-corrected chi connectivity index (χ4v) is 6.19. The van der Waals surface area contributed by atoms with Crippen LogP contribution in [0.15, 0.2) is 35.6 Å². The zero-order valence-corrected chi connectivity index (χ0v) is 15.8. The second-order valence-electron chi connectivity index (χ2n) is 7.60. The molecule has 0 aromatic carbocycles. The molecule has 4 aliphatic rings. The lowest BCUT2D eigenvalue weighted by molar-refractivity contribution is -0.123. The molecule has 0 spiro atoms. The molecular weight excluding hydrogens is 350 g/mol. The Morgan fingerprint density at radius 2 is 1.96 bits per heavy atom. The minimum absolute atomic E-state index is 0.203. The van der Waals surface area contributed by atoms with Crippen molar-refractivity contribution in [3.63, 3.8) is 0 Å². The van der Waals surface area contributed by atoms with Crippen LogP contribution in [0.3, 0.4) is 0 Å². The Morgan fingerprint density at radius 3 is 2.62 bits per heavy atom. The van der Waals surface area contributed by atoms with Crippen molar-refractivity contribution in [3.8, 4) is 0 Å². The van der Waals surface area contributed by atoms with Crippen LogP contribution in [0.25, 0.3) is 0 Å². The highest BCUT2D eigenvalue weighted by molar-refractivity contribution is 7.89. The van der Waals surface area contributed by atoms with Crippen LogP contribution >= 0.6 is 0 Å². The quantitative estimate of drug-likeness (QED) is 0.763. The van der Waals surface area contributed by atoms with Gasteiger partial charge in [-0.3, -0.25) is 9.10 Å².